The minimum atomic E-state index is -0.445. The Balaban J connectivity index is 2.21. The van der Waals surface area contributed by atoms with Gasteiger partial charge in [0.2, 0.25) is 0 Å². The van der Waals surface area contributed by atoms with Crippen molar-refractivity contribution in [1.82, 2.24) is 0 Å². The maximum absolute atomic E-state index is 10.8. The lowest BCUT2D eigenvalue weighted by Gasteiger charge is -2.21. The van der Waals surface area contributed by atoms with Gasteiger partial charge in [-0.1, -0.05) is 0 Å². The van der Waals surface area contributed by atoms with E-state index in [1.165, 1.54) is 0 Å². The first-order valence-corrected chi connectivity index (χ1v) is 4.15. The van der Waals surface area contributed by atoms with Gasteiger partial charge in [0.05, 0.1) is 24.8 Å². The van der Waals surface area contributed by atoms with E-state index in [0.717, 1.165) is 5.71 Å². The third-order valence-corrected chi connectivity index (χ3v) is 2.15. The van der Waals surface area contributed by atoms with Gasteiger partial charge in [0.25, 0.3) is 5.91 Å². The largest absolute Gasteiger partial charge is 0.365 e. The molecular formula is C8H10N4O. The molecule has 0 aromatic rings. The molecule has 5 nitrogen and oxygen atoms in total. The molecule has 13 heavy (non-hydrogen) atoms. The molecule has 5 heteroatoms. The van der Waals surface area contributed by atoms with Gasteiger partial charge >= 0.3 is 0 Å². The zero-order valence-electron chi connectivity index (χ0n) is 7.10. The molecule has 68 valence electrons. The summed E-state index contributed by atoms with van der Waals surface area (Å²) in [6, 6.07) is 0.00810. The number of rotatable bonds is 1. The van der Waals surface area contributed by atoms with Gasteiger partial charge in [0.1, 0.15) is 5.71 Å². The molecule has 0 radical (unpaired) electrons. The van der Waals surface area contributed by atoms with Crippen LogP contribution < -0.4 is 5.73 Å². The summed E-state index contributed by atoms with van der Waals surface area (Å²) >= 11 is 0. The Morgan fingerprint density at radius 3 is 3.15 bits per heavy atom. The molecule has 2 aliphatic heterocycles. The fourth-order valence-corrected chi connectivity index (χ4v) is 1.45. The van der Waals surface area contributed by atoms with Crippen LogP contribution in [0.1, 0.15) is 6.42 Å². The maximum atomic E-state index is 10.8. The molecule has 2 aliphatic rings. The van der Waals surface area contributed by atoms with E-state index in [9.17, 15) is 4.79 Å². The number of nitrogens with two attached hydrogens (primary N) is 1. The minimum absolute atomic E-state index is 0.00810. The average molecular weight is 178 g/mol. The molecule has 0 saturated carbocycles. The molecule has 0 aromatic carbocycles. The van der Waals surface area contributed by atoms with Crippen molar-refractivity contribution in [3.8, 4) is 0 Å². The number of amides is 1. The van der Waals surface area contributed by atoms with Gasteiger partial charge in [-0.05, 0) is 0 Å². The van der Waals surface area contributed by atoms with Crippen molar-refractivity contribution in [2.75, 3.05) is 13.1 Å². The Kier molecular flexibility index (Phi) is 1.92. The van der Waals surface area contributed by atoms with Crippen molar-refractivity contribution < 1.29 is 4.79 Å². The van der Waals surface area contributed by atoms with Gasteiger partial charge < -0.3 is 5.73 Å². The zero-order chi connectivity index (χ0) is 9.26. The van der Waals surface area contributed by atoms with Crippen LogP contribution in [0.4, 0.5) is 0 Å². The Hall–Kier alpha value is -1.52. The predicted octanol–water partition coefficient (Wildman–Crippen LogP) is -0.790. The van der Waals surface area contributed by atoms with Crippen molar-refractivity contribution in [2.45, 2.75) is 12.5 Å². The van der Waals surface area contributed by atoms with Crippen LogP contribution in [0.5, 0.6) is 0 Å². The van der Waals surface area contributed by atoms with E-state index >= 15 is 0 Å². The van der Waals surface area contributed by atoms with Crippen LogP contribution in [-0.2, 0) is 4.79 Å². The number of nitrogens with zero attached hydrogens (tertiary/aromatic N) is 3. The number of hydrogen-bond donors (Lipinski definition) is 1. The topological polar surface area (TPSA) is 80.2 Å². The predicted molar refractivity (Wildman–Crippen MR) is 50.7 cm³/mol. The molecular weight excluding hydrogens is 168 g/mol. The van der Waals surface area contributed by atoms with Crippen LogP contribution in [0, 0.1) is 0 Å². The highest BCUT2D eigenvalue weighted by molar-refractivity contribution is 6.39. The molecule has 1 unspecified atom stereocenters. The van der Waals surface area contributed by atoms with Crippen LogP contribution in [0.2, 0.25) is 0 Å². The summed E-state index contributed by atoms with van der Waals surface area (Å²) in [7, 11) is 0. The molecule has 0 spiro atoms. The van der Waals surface area contributed by atoms with Gasteiger partial charge in [-0.3, -0.25) is 19.8 Å². The fraction of sp³-hybridized carbons (Fsp3) is 0.500. The molecule has 0 aromatic heterocycles. The molecule has 1 atom stereocenters. The average Bonchev–Trinajstić information content (AvgIpc) is 2.17. The van der Waals surface area contributed by atoms with Gasteiger partial charge in [-0.15, -0.1) is 0 Å². The second kappa shape index (κ2) is 3.08. The third kappa shape index (κ3) is 1.49. The fourth-order valence-electron chi connectivity index (χ4n) is 1.45. The van der Waals surface area contributed by atoms with Crippen molar-refractivity contribution >= 4 is 23.5 Å². The van der Waals surface area contributed by atoms with Crippen LogP contribution in [-0.4, -0.2) is 42.7 Å². The third-order valence-electron chi connectivity index (χ3n) is 2.15. The van der Waals surface area contributed by atoms with E-state index in [1.54, 1.807) is 6.21 Å². The van der Waals surface area contributed by atoms with Gasteiger partial charge in [0.15, 0.2) is 0 Å². The minimum Gasteiger partial charge on any atom is -0.365 e. The lowest BCUT2D eigenvalue weighted by atomic mass is 10.0. The number of carbonyl (C=O) groups is 1. The lowest BCUT2D eigenvalue weighted by molar-refractivity contribution is -0.112. The maximum Gasteiger partial charge on any atom is 0.262 e. The normalized spacial score (nSPS) is 26.0. The lowest BCUT2D eigenvalue weighted by Crippen LogP contribution is -2.37. The summed E-state index contributed by atoms with van der Waals surface area (Å²) in [6.45, 7) is 1.10. The molecule has 1 amide bonds. The van der Waals surface area contributed by atoms with Gasteiger partial charge in [-0.2, -0.15) is 0 Å². The van der Waals surface area contributed by atoms with Crippen molar-refractivity contribution in [1.29, 1.82) is 0 Å². The van der Waals surface area contributed by atoms with E-state index in [4.69, 9.17) is 5.73 Å². The van der Waals surface area contributed by atoms with E-state index in [2.05, 4.69) is 15.0 Å². The zero-order valence-corrected chi connectivity index (χ0v) is 7.10. The van der Waals surface area contributed by atoms with Crippen LogP contribution >= 0.6 is 0 Å². The highest BCUT2D eigenvalue weighted by Crippen LogP contribution is 2.11. The van der Waals surface area contributed by atoms with E-state index in [1.807, 2.05) is 0 Å². The molecule has 2 rings (SSSR count). The SMILES string of the molecule is NC(=O)C1=NCC2=NCC=NC2C1. The van der Waals surface area contributed by atoms with E-state index in [0.29, 0.717) is 25.2 Å². The first kappa shape index (κ1) is 8.10. The first-order valence-electron chi connectivity index (χ1n) is 4.15. The van der Waals surface area contributed by atoms with Gasteiger partial charge in [-0.25, -0.2) is 0 Å². The first-order chi connectivity index (χ1) is 6.27. The molecule has 0 bridgehead atoms. The summed E-state index contributed by atoms with van der Waals surface area (Å²) in [5.41, 5.74) is 6.53. The summed E-state index contributed by atoms with van der Waals surface area (Å²) < 4.78 is 0. The quantitative estimate of drug-likeness (QED) is 0.561. The Morgan fingerprint density at radius 2 is 2.38 bits per heavy atom. The summed E-state index contributed by atoms with van der Waals surface area (Å²) in [4.78, 5) is 23.4. The van der Waals surface area contributed by atoms with Crippen LogP contribution in [0.15, 0.2) is 15.0 Å². The smallest absolute Gasteiger partial charge is 0.262 e. The van der Waals surface area contributed by atoms with Crippen LogP contribution in [0.25, 0.3) is 0 Å². The standard InChI is InChI=1S/C8H10N4O/c9-8(13)6-3-5-7(4-12-6)11-2-1-10-5/h1,5H,2-4H2,(H2,9,13). The van der Waals surface area contributed by atoms with Gasteiger partial charge in [0, 0.05) is 12.6 Å². The molecule has 0 aliphatic carbocycles. The molecule has 0 saturated heterocycles. The second-order valence-corrected chi connectivity index (χ2v) is 3.01. The molecule has 2 heterocycles. The van der Waals surface area contributed by atoms with Crippen LogP contribution in [0.3, 0.4) is 0 Å². The second-order valence-electron chi connectivity index (χ2n) is 3.01. The Bertz CT molecular complexity index is 329. The molecule has 2 N–H and O–H groups in total. The summed E-state index contributed by atoms with van der Waals surface area (Å²) in [5.74, 6) is -0.445. The van der Waals surface area contributed by atoms with Crippen molar-refractivity contribution in [2.24, 2.45) is 20.7 Å². The Labute approximate surface area is 75.5 Å². The Morgan fingerprint density at radius 1 is 1.54 bits per heavy atom. The number of fused-ring (bicyclic) bond motifs is 1. The van der Waals surface area contributed by atoms with E-state index < -0.39 is 5.91 Å². The number of carbonyl (C=O) groups excluding carboxylic acids is 1. The number of aliphatic imine (C=N–C) groups is 3. The highest BCUT2D eigenvalue weighted by Gasteiger charge is 2.25. The summed E-state index contributed by atoms with van der Waals surface area (Å²) in [5, 5.41) is 0. The summed E-state index contributed by atoms with van der Waals surface area (Å²) in [6.07, 6.45) is 2.27. The number of primary amides is 1. The monoisotopic (exact) mass is 178 g/mol. The number of hydrogen-bond acceptors (Lipinski definition) is 4. The van der Waals surface area contributed by atoms with E-state index in [-0.39, 0.29) is 6.04 Å². The highest BCUT2D eigenvalue weighted by atomic mass is 16.1. The molecule has 0 fully saturated rings. The van der Waals surface area contributed by atoms with Crippen molar-refractivity contribution in [3.05, 3.63) is 0 Å². The van der Waals surface area contributed by atoms with Crippen molar-refractivity contribution in [3.63, 3.8) is 0 Å².